The molecule has 1 aliphatic rings. The van der Waals surface area contributed by atoms with Crippen LogP contribution in [0.1, 0.15) is 37.3 Å². The van der Waals surface area contributed by atoms with Crippen LogP contribution < -0.4 is 4.72 Å². The molecule has 0 heterocycles. The number of aliphatic hydroxyl groups excluding tert-OH is 1. The molecule has 2 N–H and O–H groups in total. The van der Waals surface area contributed by atoms with Crippen molar-refractivity contribution in [2.45, 2.75) is 37.0 Å². The Morgan fingerprint density at radius 2 is 1.83 bits per heavy atom. The van der Waals surface area contributed by atoms with Crippen molar-refractivity contribution >= 4 is 10.0 Å². The van der Waals surface area contributed by atoms with E-state index in [1.807, 2.05) is 30.3 Å². The van der Waals surface area contributed by atoms with E-state index in [-0.39, 0.29) is 11.9 Å². The predicted molar refractivity (Wildman–Crippen MR) is 70.6 cm³/mol. The minimum atomic E-state index is -3.33. The lowest BCUT2D eigenvalue weighted by molar-refractivity contribution is 0.258. The van der Waals surface area contributed by atoms with Crippen LogP contribution in [0, 0.1) is 0 Å². The number of nitrogens with one attached hydrogen (secondary N) is 1. The molecule has 1 atom stereocenters. The lowest BCUT2D eigenvalue weighted by Gasteiger charge is -2.19. The maximum absolute atomic E-state index is 12.2. The van der Waals surface area contributed by atoms with Gasteiger partial charge in [0.15, 0.2) is 0 Å². The van der Waals surface area contributed by atoms with E-state index in [9.17, 15) is 13.5 Å². The molecule has 0 saturated heterocycles. The predicted octanol–water partition coefficient (Wildman–Crippen LogP) is 1.58. The zero-order valence-corrected chi connectivity index (χ0v) is 11.1. The standard InChI is InChI=1S/C13H19NO3S/c15-10-13(11-6-2-1-3-7-11)14-18(16,17)12-8-4-5-9-12/h1-3,6-7,12-15H,4-5,8-10H2. The van der Waals surface area contributed by atoms with Crippen LogP contribution in [0.4, 0.5) is 0 Å². The molecule has 0 amide bonds. The minimum Gasteiger partial charge on any atom is -0.394 e. The van der Waals surface area contributed by atoms with Gasteiger partial charge in [-0.3, -0.25) is 0 Å². The Hall–Kier alpha value is -0.910. The van der Waals surface area contributed by atoms with Gasteiger partial charge in [0.25, 0.3) is 0 Å². The van der Waals surface area contributed by atoms with E-state index in [4.69, 9.17) is 0 Å². The Morgan fingerprint density at radius 1 is 1.22 bits per heavy atom. The molecule has 0 aliphatic heterocycles. The summed E-state index contributed by atoms with van der Waals surface area (Å²) < 4.78 is 26.9. The van der Waals surface area contributed by atoms with Crippen LogP contribution in [0.3, 0.4) is 0 Å². The highest BCUT2D eigenvalue weighted by Gasteiger charge is 2.30. The Balaban J connectivity index is 2.11. The normalized spacial score (nSPS) is 18.9. The summed E-state index contributed by atoms with van der Waals surface area (Å²) in [6, 6.07) is 8.63. The van der Waals surface area contributed by atoms with Gasteiger partial charge in [-0.15, -0.1) is 0 Å². The number of aliphatic hydroxyl groups is 1. The summed E-state index contributed by atoms with van der Waals surface area (Å²) in [6.07, 6.45) is 3.39. The van der Waals surface area contributed by atoms with Crippen LogP contribution in [0.5, 0.6) is 0 Å². The molecular formula is C13H19NO3S. The number of rotatable bonds is 5. The molecule has 1 saturated carbocycles. The van der Waals surface area contributed by atoms with E-state index >= 15 is 0 Å². The van der Waals surface area contributed by atoms with Gasteiger partial charge in [0, 0.05) is 0 Å². The average Bonchev–Trinajstić information content (AvgIpc) is 2.92. The van der Waals surface area contributed by atoms with Crippen molar-refractivity contribution in [2.75, 3.05) is 6.61 Å². The zero-order chi connectivity index (χ0) is 13.0. The first-order valence-corrected chi connectivity index (χ1v) is 7.85. The second kappa shape index (κ2) is 5.82. The molecule has 0 bridgehead atoms. The van der Waals surface area contributed by atoms with Crippen molar-refractivity contribution in [2.24, 2.45) is 0 Å². The van der Waals surface area contributed by atoms with Gasteiger partial charge in [-0.05, 0) is 18.4 Å². The molecule has 4 nitrogen and oxygen atoms in total. The molecule has 0 aromatic heterocycles. The monoisotopic (exact) mass is 269 g/mol. The molecular weight excluding hydrogens is 250 g/mol. The summed E-state index contributed by atoms with van der Waals surface area (Å²) in [4.78, 5) is 0. The van der Waals surface area contributed by atoms with Gasteiger partial charge in [0.2, 0.25) is 10.0 Å². The van der Waals surface area contributed by atoms with Crippen molar-refractivity contribution in [1.29, 1.82) is 0 Å². The molecule has 2 rings (SSSR count). The highest BCUT2D eigenvalue weighted by Crippen LogP contribution is 2.25. The van der Waals surface area contributed by atoms with E-state index in [1.165, 1.54) is 0 Å². The number of sulfonamides is 1. The maximum Gasteiger partial charge on any atom is 0.215 e. The first kappa shape index (κ1) is 13.5. The van der Waals surface area contributed by atoms with Crippen molar-refractivity contribution < 1.29 is 13.5 Å². The zero-order valence-electron chi connectivity index (χ0n) is 10.2. The third-order valence-electron chi connectivity index (χ3n) is 3.43. The number of hydrogen-bond donors (Lipinski definition) is 2. The van der Waals surface area contributed by atoms with E-state index in [1.54, 1.807) is 0 Å². The van der Waals surface area contributed by atoms with Gasteiger partial charge < -0.3 is 5.11 Å². The minimum absolute atomic E-state index is 0.226. The van der Waals surface area contributed by atoms with Crippen LogP contribution in [0.15, 0.2) is 30.3 Å². The van der Waals surface area contributed by atoms with Gasteiger partial charge in [-0.25, -0.2) is 13.1 Å². The SMILES string of the molecule is O=S(=O)(NC(CO)c1ccccc1)C1CCCC1. The van der Waals surface area contributed by atoms with Gasteiger partial charge in [0.1, 0.15) is 0 Å². The van der Waals surface area contributed by atoms with Crippen molar-refractivity contribution in [1.82, 2.24) is 4.72 Å². The lowest BCUT2D eigenvalue weighted by Crippen LogP contribution is -2.37. The summed E-state index contributed by atoms with van der Waals surface area (Å²) in [6.45, 7) is -0.226. The fourth-order valence-electron chi connectivity index (χ4n) is 2.39. The topological polar surface area (TPSA) is 66.4 Å². The highest BCUT2D eigenvalue weighted by molar-refractivity contribution is 7.90. The smallest absolute Gasteiger partial charge is 0.215 e. The molecule has 1 aromatic carbocycles. The first-order valence-electron chi connectivity index (χ1n) is 6.30. The molecule has 18 heavy (non-hydrogen) atoms. The summed E-state index contributed by atoms with van der Waals surface area (Å²) in [7, 11) is -3.33. The summed E-state index contributed by atoms with van der Waals surface area (Å²) in [5.41, 5.74) is 0.793. The van der Waals surface area contributed by atoms with Gasteiger partial charge in [-0.1, -0.05) is 43.2 Å². The molecule has 1 aliphatic carbocycles. The van der Waals surface area contributed by atoms with Crippen LogP contribution in [-0.4, -0.2) is 25.4 Å². The third kappa shape index (κ3) is 3.10. The van der Waals surface area contributed by atoms with Crippen LogP contribution in [0.25, 0.3) is 0 Å². The van der Waals surface area contributed by atoms with Crippen LogP contribution >= 0.6 is 0 Å². The summed E-state index contributed by atoms with van der Waals surface area (Å²) in [5, 5.41) is 9.06. The highest BCUT2D eigenvalue weighted by atomic mass is 32.2. The Kier molecular flexibility index (Phi) is 4.37. The van der Waals surface area contributed by atoms with Gasteiger partial charge in [-0.2, -0.15) is 0 Å². The van der Waals surface area contributed by atoms with Gasteiger partial charge in [0.05, 0.1) is 17.9 Å². The number of hydrogen-bond acceptors (Lipinski definition) is 3. The van der Waals surface area contributed by atoms with Crippen molar-refractivity contribution in [3.05, 3.63) is 35.9 Å². The summed E-state index contributed by atoms with van der Waals surface area (Å²) >= 11 is 0. The van der Waals surface area contributed by atoms with Gasteiger partial charge >= 0.3 is 0 Å². The quantitative estimate of drug-likeness (QED) is 0.853. The number of benzene rings is 1. The molecule has 1 fully saturated rings. The van der Waals surface area contributed by atoms with E-state index < -0.39 is 16.1 Å². The Morgan fingerprint density at radius 3 is 2.39 bits per heavy atom. The van der Waals surface area contributed by atoms with E-state index in [0.717, 1.165) is 31.2 Å². The fraction of sp³-hybridized carbons (Fsp3) is 0.538. The molecule has 5 heteroatoms. The molecule has 0 spiro atoms. The Bertz CT molecular complexity index is 466. The molecule has 100 valence electrons. The molecule has 1 unspecified atom stereocenters. The second-order valence-electron chi connectivity index (χ2n) is 4.72. The van der Waals surface area contributed by atoms with Crippen molar-refractivity contribution in [3.63, 3.8) is 0 Å². The molecule has 0 radical (unpaired) electrons. The maximum atomic E-state index is 12.2. The van der Waals surface area contributed by atoms with E-state index in [0.29, 0.717) is 0 Å². The van der Waals surface area contributed by atoms with Crippen LogP contribution in [-0.2, 0) is 10.0 Å². The average molecular weight is 269 g/mol. The summed E-state index contributed by atoms with van der Waals surface area (Å²) in [5.74, 6) is 0. The lowest BCUT2D eigenvalue weighted by atomic mass is 10.1. The second-order valence-corrected chi connectivity index (χ2v) is 6.71. The Labute approximate surface area is 108 Å². The van der Waals surface area contributed by atoms with Crippen LogP contribution in [0.2, 0.25) is 0 Å². The molecule has 1 aromatic rings. The first-order chi connectivity index (χ1) is 8.63. The largest absolute Gasteiger partial charge is 0.394 e. The van der Waals surface area contributed by atoms with E-state index in [2.05, 4.69) is 4.72 Å². The fourth-order valence-corrected chi connectivity index (χ4v) is 4.14. The van der Waals surface area contributed by atoms with Crippen molar-refractivity contribution in [3.8, 4) is 0 Å². The third-order valence-corrected chi connectivity index (χ3v) is 5.39.